The Bertz CT molecular complexity index is 436. The molecular weight excluding hydrogens is 244 g/mol. The first-order chi connectivity index (χ1) is 8.92. The Balaban J connectivity index is 3.12. The van der Waals surface area contributed by atoms with Gasteiger partial charge in [-0.05, 0) is 27.7 Å². The van der Waals surface area contributed by atoms with Gasteiger partial charge < -0.3 is 14.4 Å². The summed E-state index contributed by atoms with van der Waals surface area (Å²) in [4.78, 5) is 18.4. The Hall–Kier alpha value is -1.78. The van der Waals surface area contributed by atoms with Crippen LogP contribution in [0.3, 0.4) is 0 Å². The average molecular weight is 266 g/mol. The Morgan fingerprint density at radius 3 is 2.05 bits per heavy atom. The molecule has 0 aliphatic rings. The van der Waals surface area contributed by atoms with E-state index in [9.17, 15) is 4.79 Å². The summed E-state index contributed by atoms with van der Waals surface area (Å²) in [6, 6.07) is 1.84. The molecule has 0 unspecified atom stereocenters. The maximum absolute atomic E-state index is 12.5. The molecule has 5 heteroatoms. The normalized spacial score (nSPS) is 10.7. The first-order valence-electron chi connectivity index (χ1n) is 6.33. The van der Waals surface area contributed by atoms with Crippen LogP contribution in [-0.2, 0) is 0 Å². The van der Waals surface area contributed by atoms with E-state index in [-0.39, 0.29) is 18.0 Å². The van der Waals surface area contributed by atoms with Gasteiger partial charge in [-0.25, -0.2) is 4.98 Å². The van der Waals surface area contributed by atoms with Crippen LogP contribution in [0.25, 0.3) is 0 Å². The Morgan fingerprint density at radius 1 is 1.11 bits per heavy atom. The Labute approximate surface area is 114 Å². The smallest absolute Gasteiger partial charge is 0.273 e. The number of carbonyl (C=O) groups is 1. The number of hydrogen-bond donors (Lipinski definition) is 0. The van der Waals surface area contributed by atoms with Crippen molar-refractivity contribution in [2.75, 3.05) is 14.2 Å². The summed E-state index contributed by atoms with van der Waals surface area (Å²) in [6.07, 6.45) is 1.50. The second kappa shape index (κ2) is 6.41. The molecule has 0 aliphatic carbocycles. The number of carbonyl (C=O) groups excluding carboxylic acids is 1. The van der Waals surface area contributed by atoms with Gasteiger partial charge in [-0.3, -0.25) is 4.79 Å². The summed E-state index contributed by atoms with van der Waals surface area (Å²) < 4.78 is 10.3. The number of amides is 1. The van der Waals surface area contributed by atoms with E-state index in [1.807, 2.05) is 27.7 Å². The zero-order valence-corrected chi connectivity index (χ0v) is 12.4. The largest absolute Gasteiger partial charge is 0.493 e. The lowest BCUT2D eigenvalue weighted by molar-refractivity contribution is 0.0637. The first-order valence-corrected chi connectivity index (χ1v) is 6.33. The van der Waals surface area contributed by atoms with Crippen molar-refractivity contribution in [2.24, 2.45) is 0 Å². The number of methoxy groups -OCH3 is 2. The Morgan fingerprint density at radius 2 is 1.63 bits per heavy atom. The van der Waals surface area contributed by atoms with E-state index in [4.69, 9.17) is 9.47 Å². The molecule has 5 nitrogen and oxygen atoms in total. The minimum atomic E-state index is -0.106. The molecule has 1 aromatic rings. The van der Waals surface area contributed by atoms with Crippen LogP contribution in [0.15, 0.2) is 12.3 Å². The van der Waals surface area contributed by atoms with E-state index in [2.05, 4.69) is 4.98 Å². The summed E-state index contributed by atoms with van der Waals surface area (Å²) in [5.74, 6) is 0.916. The first kappa shape index (κ1) is 15.3. The molecule has 0 spiro atoms. The van der Waals surface area contributed by atoms with Crippen molar-refractivity contribution in [2.45, 2.75) is 39.8 Å². The van der Waals surface area contributed by atoms with Crippen molar-refractivity contribution >= 4 is 5.91 Å². The van der Waals surface area contributed by atoms with Gasteiger partial charge in [0.1, 0.15) is 5.69 Å². The van der Waals surface area contributed by atoms with Crippen LogP contribution in [0.2, 0.25) is 0 Å². The van der Waals surface area contributed by atoms with Crippen LogP contribution < -0.4 is 9.47 Å². The van der Waals surface area contributed by atoms with Crippen LogP contribution in [0.4, 0.5) is 0 Å². The van der Waals surface area contributed by atoms with Gasteiger partial charge in [-0.2, -0.15) is 0 Å². The summed E-state index contributed by atoms with van der Waals surface area (Å²) >= 11 is 0. The molecule has 0 saturated carbocycles. The van der Waals surface area contributed by atoms with E-state index in [0.717, 1.165) is 0 Å². The molecule has 0 radical (unpaired) electrons. The fraction of sp³-hybridized carbons (Fsp3) is 0.571. The van der Waals surface area contributed by atoms with Gasteiger partial charge in [0, 0.05) is 18.2 Å². The Kier molecular flexibility index (Phi) is 5.15. The fourth-order valence-electron chi connectivity index (χ4n) is 2.05. The van der Waals surface area contributed by atoms with Gasteiger partial charge in [-0.15, -0.1) is 0 Å². The van der Waals surface area contributed by atoms with Gasteiger partial charge >= 0.3 is 0 Å². The highest BCUT2D eigenvalue weighted by Crippen LogP contribution is 2.26. The van der Waals surface area contributed by atoms with Gasteiger partial charge in [-0.1, -0.05) is 0 Å². The molecule has 1 heterocycles. The molecule has 106 valence electrons. The van der Waals surface area contributed by atoms with Crippen molar-refractivity contribution in [3.05, 3.63) is 18.0 Å². The quantitative estimate of drug-likeness (QED) is 0.821. The minimum absolute atomic E-state index is 0.106. The number of aromatic nitrogens is 1. The molecule has 1 aromatic heterocycles. The summed E-state index contributed by atoms with van der Waals surface area (Å²) in [6.45, 7) is 7.94. The van der Waals surface area contributed by atoms with Crippen molar-refractivity contribution in [3.8, 4) is 11.5 Å². The van der Waals surface area contributed by atoms with Crippen molar-refractivity contribution < 1.29 is 14.3 Å². The van der Waals surface area contributed by atoms with E-state index in [1.54, 1.807) is 11.0 Å². The average Bonchev–Trinajstić information content (AvgIpc) is 2.36. The van der Waals surface area contributed by atoms with Crippen LogP contribution >= 0.6 is 0 Å². The molecule has 0 bridgehead atoms. The zero-order chi connectivity index (χ0) is 14.6. The number of nitrogens with zero attached hydrogens (tertiary/aromatic N) is 2. The SMILES string of the molecule is COc1cnc(C(=O)N(C(C)C)C(C)C)cc1OC. The highest BCUT2D eigenvalue weighted by molar-refractivity contribution is 5.93. The molecule has 1 amide bonds. The molecule has 0 aromatic carbocycles. The van der Waals surface area contributed by atoms with Crippen LogP contribution in [0.5, 0.6) is 11.5 Å². The zero-order valence-electron chi connectivity index (χ0n) is 12.4. The van der Waals surface area contributed by atoms with Gasteiger partial charge in [0.05, 0.1) is 20.4 Å². The molecular formula is C14H22N2O3. The number of ether oxygens (including phenoxy) is 2. The van der Waals surface area contributed by atoms with Gasteiger partial charge in [0.25, 0.3) is 5.91 Å². The standard InChI is InChI=1S/C14H22N2O3/c1-9(2)16(10(3)4)14(17)11-7-12(18-5)13(19-6)8-15-11/h7-10H,1-6H3. The second-order valence-corrected chi connectivity index (χ2v) is 4.82. The third kappa shape index (κ3) is 3.36. The molecule has 0 N–H and O–H groups in total. The van der Waals surface area contributed by atoms with E-state index in [1.165, 1.54) is 20.4 Å². The maximum Gasteiger partial charge on any atom is 0.273 e. The lowest BCUT2D eigenvalue weighted by atomic mass is 10.2. The summed E-state index contributed by atoms with van der Waals surface area (Å²) in [5, 5.41) is 0. The van der Waals surface area contributed by atoms with Crippen LogP contribution in [0, 0.1) is 0 Å². The molecule has 0 atom stereocenters. The van der Waals surface area contributed by atoms with E-state index < -0.39 is 0 Å². The highest BCUT2D eigenvalue weighted by Gasteiger charge is 2.23. The summed E-state index contributed by atoms with van der Waals surface area (Å²) in [7, 11) is 3.07. The van der Waals surface area contributed by atoms with Crippen LogP contribution in [0.1, 0.15) is 38.2 Å². The topological polar surface area (TPSA) is 51.7 Å². The maximum atomic E-state index is 12.5. The number of pyridine rings is 1. The molecule has 0 fully saturated rings. The van der Waals surface area contributed by atoms with Crippen molar-refractivity contribution in [1.29, 1.82) is 0 Å². The lowest BCUT2D eigenvalue weighted by Crippen LogP contribution is -2.42. The number of hydrogen-bond acceptors (Lipinski definition) is 4. The third-order valence-electron chi connectivity index (χ3n) is 2.84. The third-order valence-corrected chi connectivity index (χ3v) is 2.84. The van der Waals surface area contributed by atoms with Gasteiger partial charge in [0.15, 0.2) is 11.5 Å². The fourth-order valence-corrected chi connectivity index (χ4v) is 2.05. The van der Waals surface area contributed by atoms with Crippen molar-refractivity contribution in [3.63, 3.8) is 0 Å². The monoisotopic (exact) mass is 266 g/mol. The predicted molar refractivity (Wildman–Crippen MR) is 73.8 cm³/mol. The van der Waals surface area contributed by atoms with Crippen LogP contribution in [-0.4, -0.2) is 42.1 Å². The lowest BCUT2D eigenvalue weighted by Gasteiger charge is -2.30. The van der Waals surface area contributed by atoms with Gasteiger partial charge in [0.2, 0.25) is 0 Å². The number of rotatable bonds is 5. The van der Waals surface area contributed by atoms with Crippen molar-refractivity contribution in [1.82, 2.24) is 9.88 Å². The molecule has 1 rings (SSSR count). The van der Waals surface area contributed by atoms with E-state index >= 15 is 0 Å². The minimum Gasteiger partial charge on any atom is -0.493 e. The molecule has 0 saturated heterocycles. The second-order valence-electron chi connectivity index (χ2n) is 4.82. The molecule has 0 aliphatic heterocycles. The highest BCUT2D eigenvalue weighted by atomic mass is 16.5. The predicted octanol–water partition coefficient (Wildman–Crippen LogP) is 2.36. The molecule has 19 heavy (non-hydrogen) atoms. The summed E-state index contributed by atoms with van der Waals surface area (Å²) in [5.41, 5.74) is 0.361. The van der Waals surface area contributed by atoms with E-state index in [0.29, 0.717) is 17.2 Å².